The van der Waals surface area contributed by atoms with Gasteiger partial charge in [-0.05, 0) is 38.0 Å². The number of nitrogens with zero attached hydrogens (tertiary/aromatic N) is 2. The quantitative estimate of drug-likeness (QED) is 0.859. The highest BCUT2D eigenvalue weighted by Crippen LogP contribution is 2.22. The molecular formula is C13H19N3. The lowest BCUT2D eigenvalue weighted by Crippen LogP contribution is -2.10. The summed E-state index contributed by atoms with van der Waals surface area (Å²) in [6.07, 6.45) is 1.04. The Morgan fingerprint density at radius 1 is 1.38 bits per heavy atom. The largest absolute Gasteiger partial charge is 0.324 e. The molecule has 0 spiro atoms. The first-order valence-corrected chi connectivity index (χ1v) is 5.87. The Kier molecular flexibility index (Phi) is 2.97. The minimum absolute atomic E-state index is 0.399. The fourth-order valence-electron chi connectivity index (χ4n) is 2.13. The number of benzene rings is 1. The van der Waals surface area contributed by atoms with Gasteiger partial charge in [0.25, 0.3) is 0 Å². The fraction of sp³-hybridized carbons (Fsp3) is 0.462. The van der Waals surface area contributed by atoms with Gasteiger partial charge in [-0.1, -0.05) is 13.0 Å². The topological polar surface area (TPSA) is 43.8 Å². The van der Waals surface area contributed by atoms with Crippen molar-refractivity contribution >= 4 is 11.0 Å². The standard InChI is InChI=1S/C13H19N3/c1-4-10-5-6-12-11(7-10)15-13(8-14)16(12)9(2)3/h5-7,9H,4,8,14H2,1-3H3. The summed E-state index contributed by atoms with van der Waals surface area (Å²) < 4.78 is 2.22. The van der Waals surface area contributed by atoms with Gasteiger partial charge >= 0.3 is 0 Å². The monoisotopic (exact) mass is 217 g/mol. The lowest BCUT2D eigenvalue weighted by Gasteiger charge is -2.11. The van der Waals surface area contributed by atoms with E-state index in [9.17, 15) is 0 Å². The predicted molar refractivity (Wildman–Crippen MR) is 67.4 cm³/mol. The van der Waals surface area contributed by atoms with Crippen LogP contribution in [-0.4, -0.2) is 9.55 Å². The molecule has 2 aromatic rings. The number of aromatic nitrogens is 2. The van der Waals surface area contributed by atoms with Crippen molar-refractivity contribution in [2.45, 2.75) is 39.8 Å². The van der Waals surface area contributed by atoms with Crippen LogP contribution in [0.1, 0.15) is 38.2 Å². The molecule has 0 radical (unpaired) electrons. The Hall–Kier alpha value is -1.35. The Morgan fingerprint density at radius 3 is 2.69 bits per heavy atom. The minimum atomic E-state index is 0.399. The van der Waals surface area contributed by atoms with Crippen LogP contribution in [0, 0.1) is 0 Å². The van der Waals surface area contributed by atoms with E-state index < -0.39 is 0 Å². The van der Waals surface area contributed by atoms with Crippen LogP contribution >= 0.6 is 0 Å². The van der Waals surface area contributed by atoms with E-state index in [1.807, 2.05) is 0 Å². The van der Waals surface area contributed by atoms with Gasteiger partial charge in [0.2, 0.25) is 0 Å². The molecule has 0 atom stereocenters. The van der Waals surface area contributed by atoms with Crippen molar-refractivity contribution in [1.82, 2.24) is 9.55 Å². The number of nitrogens with two attached hydrogens (primary N) is 1. The number of hydrogen-bond donors (Lipinski definition) is 1. The summed E-state index contributed by atoms with van der Waals surface area (Å²) in [5.74, 6) is 0.971. The molecule has 2 rings (SSSR count). The zero-order valence-electron chi connectivity index (χ0n) is 10.2. The molecule has 0 unspecified atom stereocenters. The summed E-state index contributed by atoms with van der Waals surface area (Å²) in [7, 11) is 0. The van der Waals surface area contributed by atoms with Gasteiger partial charge in [0, 0.05) is 6.04 Å². The molecule has 3 heteroatoms. The van der Waals surface area contributed by atoms with Crippen LogP contribution in [-0.2, 0) is 13.0 Å². The first kappa shape index (κ1) is 11.1. The maximum absolute atomic E-state index is 5.74. The SMILES string of the molecule is CCc1ccc2c(c1)nc(CN)n2C(C)C. The van der Waals surface area contributed by atoms with E-state index in [0.717, 1.165) is 17.8 Å². The molecule has 16 heavy (non-hydrogen) atoms. The first-order chi connectivity index (χ1) is 7.67. The van der Waals surface area contributed by atoms with Crippen LogP contribution in [0.4, 0.5) is 0 Å². The minimum Gasteiger partial charge on any atom is -0.324 e. The third kappa shape index (κ3) is 1.71. The summed E-state index contributed by atoms with van der Waals surface area (Å²) in [5, 5.41) is 0. The molecule has 0 saturated heterocycles. The van der Waals surface area contributed by atoms with Crippen LogP contribution in [0.2, 0.25) is 0 Å². The Bertz CT molecular complexity index is 497. The van der Waals surface area contributed by atoms with Crippen LogP contribution in [0.15, 0.2) is 18.2 Å². The van der Waals surface area contributed by atoms with Gasteiger partial charge in [-0.15, -0.1) is 0 Å². The molecule has 1 aromatic carbocycles. The third-order valence-corrected chi connectivity index (χ3v) is 2.93. The molecule has 86 valence electrons. The highest BCUT2D eigenvalue weighted by molar-refractivity contribution is 5.77. The summed E-state index contributed by atoms with van der Waals surface area (Å²) in [6.45, 7) is 6.97. The zero-order valence-corrected chi connectivity index (χ0v) is 10.2. The van der Waals surface area contributed by atoms with Gasteiger partial charge in [-0.3, -0.25) is 0 Å². The second kappa shape index (κ2) is 4.26. The predicted octanol–water partition coefficient (Wildman–Crippen LogP) is 2.64. The highest BCUT2D eigenvalue weighted by Gasteiger charge is 2.11. The summed E-state index contributed by atoms with van der Waals surface area (Å²) in [6, 6.07) is 6.88. The van der Waals surface area contributed by atoms with E-state index in [1.54, 1.807) is 0 Å². The van der Waals surface area contributed by atoms with E-state index in [4.69, 9.17) is 5.73 Å². The molecule has 2 N–H and O–H groups in total. The highest BCUT2D eigenvalue weighted by atomic mass is 15.1. The van der Waals surface area contributed by atoms with Crippen molar-refractivity contribution in [1.29, 1.82) is 0 Å². The third-order valence-electron chi connectivity index (χ3n) is 2.93. The van der Waals surface area contributed by atoms with Gasteiger partial charge in [0.05, 0.1) is 17.6 Å². The van der Waals surface area contributed by atoms with Gasteiger partial charge in [0.1, 0.15) is 5.82 Å². The molecule has 0 aliphatic carbocycles. The van der Waals surface area contributed by atoms with Crippen LogP contribution < -0.4 is 5.73 Å². The lowest BCUT2D eigenvalue weighted by molar-refractivity contribution is 0.585. The van der Waals surface area contributed by atoms with Crippen LogP contribution in [0.25, 0.3) is 11.0 Å². The molecule has 0 fully saturated rings. The second-order valence-electron chi connectivity index (χ2n) is 4.37. The Labute approximate surface area is 96.3 Å². The maximum atomic E-state index is 5.74. The van der Waals surface area contributed by atoms with Gasteiger partial charge in [-0.2, -0.15) is 0 Å². The van der Waals surface area contributed by atoms with E-state index in [2.05, 4.69) is 48.5 Å². The van der Waals surface area contributed by atoms with E-state index in [1.165, 1.54) is 11.1 Å². The normalized spacial score (nSPS) is 11.6. The second-order valence-corrected chi connectivity index (χ2v) is 4.37. The molecule has 0 bridgehead atoms. The fourth-order valence-corrected chi connectivity index (χ4v) is 2.13. The smallest absolute Gasteiger partial charge is 0.123 e. The summed E-state index contributed by atoms with van der Waals surface area (Å²) in [4.78, 5) is 4.60. The first-order valence-electron chi connectivity index (χ1n) is 5.87. The van der Waals surface area contributed by atoms with Crippen molar-refractivity contribution in [2.24, 2.45) is 5.73 Å². The average Bonchev–Trinajstić information content (AvgIpc) is 2.65. The number of hydrogen-bond acceptors (Lipinski definition) is 2. The van der Waals surface area contributed by atoms with Gasteiger partial charge in [-0.25, -0.2) is 4.98 Å². The summed E-state index contributed by atoms with van der Waals surface area (Å²) >= 11 is 0. The number of imidazole rings is 1. The van der Waals surface area contributed by atoms with Crippen molar-refractivity contribution in [3.05, 3.63) is 29.6 Å². The number of aryl methyl sites for hydroxylation is 1. The molecule has 3 nitrogen and oxygen atoms in total. The summed E-state index contributed by atoms with van der Waals surface area (Å²) in [5.41, 5.74) is 9.31. The van der Waals surface area contributed by atoms with E-state index in [-0.39, 0.29) is 0 Å². The molecule has 1 heterocycles. The van der Waals surface area contributed by atoms with Crippen molar-refractivity contribution in [2.75, 3.05) is 0 Å². The molecule has 1 aromatic heterocycles. The van der Waals surface area contributed by atoms with Gasteiger partial charge < -0.3 is 10.3 Å². The van der Waals surface area contributed by atoms with Crippen LogP contribution in [0.3, 0.4) is 0 Å². The molecule has 0 aliphatic rings. The Morgan fingerprint density at radius 2 is 2.12 bits per heavy atom. The number of fused-ring (bicyclic) bond motifs is 1. The maximum Gasteiger partial charge on any atom is 0.123 e. The average molecular weight is 217 g/mol. The van der Waals surface area contributed by atoms with Crippen molar-refractivity contribution in [3.8, 4) is 0 Å². The molecule has 0 amide bonds. The number of rotatable bonds is 3. The van der Waals surface area contributed by atoms with Gasteiger partial charge in [0.15, 0.2) is 0 Å². The zero-order chi connectivity index (χ0) is 11.7. The lowest BCUT2D eigenvalue weighted by atomic mass is 10.1. The molecular weight excluding hydrogens is 198 g/mol. The Balaban J connectivity index is 2.67. The van der Waals surface area contributed by atoms with Crippen LogP contribution in [0.5, 0.6) is 0 Å². The molecule has 0 aliphatic heterocycles. The molecule has 0 saturated carbocycles. The van der Waals surface area contributed by atoms with Crippen molar-refractivity contribution in [3.63, 3.8) is 0 Å². The van der Waals surface area contributed by atoms with E-state index in [0.29, 0.717) is 12.6 Å². The van der Waals surface area contributed by atoms with E-state index >= 15 is 0 Å². The van der Waals surface area contributed by atoms with Crippen molar-refractivity contribution < 1.29 is 0 Å².